The zero-order valence-electron chi connectivity index (χ0n) is 17.4. The number of amides is 1. The molecular formula is C23H32N4OS. The number of aromatic nitrogens is 1. The minimum Gasteiger partial charge on any atom is -0.356 e. The Morgan fingerprint density at radius 1 is 1.17 bits per heavy atom. The summed E-state index contributed by atoms with van der Waals surface area (Å²) < 4.78 is 0. The number of nitrogens with one attached hydrogen (secondary N) is 1. The van der Waals surface area contributed by atoms with Gasteiger partial charge in [-0.1, -0.05) is 24.3 Å². The maximum atomic E-state index is 12.5. The van der Waals surface area contributed by atoms with E-state index in [2.05, 4.69) is 56.7 Å². The summed E-state index contributed by atoms with van der Waals surface area (Å²) in [4.78, 5) is 22.0. The van der Waals surface area contributed by atoms with Crippen molar-refractivity contribution in [3.05, 3.63) is 51.5 Å². The standard InChI is InChI=1S/C23H32N4OS/c1-18-25-22(17-29-18)16-27-13-8-20(9-14-27)23(28)24-10-4-11-26-12-7-19-5-2-3-6-21(19)15-26/h2-3,5-6,17,20H,4,7-16H2,1H3,(H,24,28). The van der Waals surface area contributed by atoms with E-state index >= 15 is 0 Å². The summed E-state index contributed by atoms with van der Waals surface area (Å²) in [6.07, 6.45) is 4.08. The van der Waals surface area contributed by atoms with Gasteiger partial charge in [-0.25, -0.2) is 4.98 Å². The normalized spacial score (nSPS) is 18.5. The summed E-state index contributed by atoms with van der Waals surface area (Å²) >= 11 is 1.71. The van der Waals surface area contributed by atoms with Crippen molar-refractivity contribution in [3.63, 3.8) is 0 Å². The van der Waals surface area contributed by atoms with Crippen LogP contribution in [0.1, 0.15) is 41.1 Å². The molecule has 29 heavy (non-hydrogen) atoms. The van der Waals surface area contributed by atoms with Gasteiger partial charge in [0, 0.05) is 44.0 Å². The Kier molecular flexibility index (Phi) is 6.95. The van der Waals surface area contributed by atoms with Crippen LogP contribution in [0.2, 0.25) is 0 Å². The van der Waals surface area contributed by atoms with E-state index in [0.29, 0.717) is 0 Å². The number of hydrogen-bond donors (Lipinski definition) is 1. The van der Waals surface area contributed by atoms with E-state index < -0.39 is 0 Å². The van der Waals surface area contributed by atoms with Gasteiger partial charge in [0.2, 0.25) is 5.91 Å². The molecule has 0 aliphatic carbocycles. The van der Waals surface area contributed by atoms with Crippen molar-refractivity contribution in [2.24, 2.45) is 5.92 Å². The van der Waals surface area contributed by atoms with Gasteiger partial charge in [0.05, 0.1) is 10.7 Å². The second-order valence-electron chi connectivity index (χ2n) is 8.35. The minimum absolute atomic E-state index is 0.172. The first-order chi connectivity index (χ1) is 14.2. The molecule has 0 saturated carbocycles. The molecule has 1 N–H and O–H groups in total. The van der Waals surface area contributed by atoms with Crippen molar-refractivity contribution in [1.82, 2.24) is 20.1 Å². The highest BCUT2D eigenvalue weighted by molar-refractivity contribution is 7.09. The molecule has 1 fully saturated rings. The number of hydrogen-bond acceptors (Lipinski definition) is 5. The average Bonchev–Trinajstić information content (AvgIpc) is 3.16. The molecule has 0 atom stereocenters. The van der Waals surface area contributed by atoms with E-state index in [0.717, 1.165) is 82.2 Å². The van der Waals surface area contributed by atoms with Crippen LogP contribution in [0.25, 0.3) is 0 Å². The van der Waals surface area contributed by atoms with Gasteiger partial charge in [-0.2, -0.15) is 0 Å². The zero-order chi connectivity index (χ0) is 20.1. The average molecular weight is 413 g/mol. The van der Waals surface area contributed by atoms with Gasteiger partial charge in [-0.15, -0.1) is 11.3 Å². The van der Waals surface area contributed by atoms with Gasteiger partial charge in [0.15, 0.2) is 0 Å². The first kappa shape index (κ1) is 20.5. The Hall–Kier alpha value is -1.76. The number of carbonyl (C=O) groups is 1. The topological polar surface area (TPSA) is 48.5 Å². The van der Waals surface area contributed by atoms with Crippen LogP contribution >= 0.6 is 11.3 Å². The monoisotopic (exact) mass is 412 g/mol. The number of rotatable bonds is 7. The Labute approximate surface area is 178 Å². The Morgan fingerprint density at radius 2 is 1.97 bits per heavy atom. The zero-order valence-corrected chi connectivity index (χ0v) is 18.2. The highest BCUT2D eigenvalue weighted by atomic mass is 32.1. The van der Waals surface area contributed by atoms with Gasteiger partial charge in [-0.3, -0.25) is 14.6 Å². The van der Waals surface area contributed by atoms with Gasteiger partial charge in [-0.05, 0) is 56.8 Å². The van der Waals surface area contributed by atoms with E-state index in [4.69, 9.17) is 0 Å². The Morgan fingerprint density at radius 3 is 2.72 bits per heavy atom. The SMILES string of the molecule is Cc1nc(CN2CCC(C(=O)NCCCN3CCc4ccccc4C3)CC2)cs1. The molecule has 2 aliphatic heterocycles. The number of likely N-dealkylation sites (tertiary alicyclic amines) is 1. The molecular weight excluding hydrogens is 380 g/mol. The lowest BCUT2D eigenvalue weighted by atomic mass is 9.96. The van der Waals surface area contributed by atoms with Crippen molar-refractivity contribution in [2.75, 3.05) is 32.7 Å². The molecule has 0 radical (unpaired) electrons. The molecule has 2 aromatic rings. The third kappa shape index (κ3) is 5.65. The first-order valence-corrected chi connectivity index (χ1v) is 11.8. The summed E-state index contributed by atoms with van der Waals surface area (Å²) in [7, 11) is 0. The number of aryl methyl sites for hydroxylation is 1. The molecule has 1 saturated heterocycles. The van der Waals surface area contributed by atoms with Crippen LogP contribution in [0.5, 0.6) is 0 Å². The second kappa shape index (κ2) is 9.83. The maximum Gasteiger partial charge on any atom is 0.223 e. The Bertz CT molecular complexity index is 813. The summed E-state index contributed by atoms with van der Waals surface area (Å²) in [5, 5.41) is 6.46. The molecule has 2 aliphatic rings. The van der Waals surface area contributed by atoms with Crippen LogP contribution in [0.4, 0.5) is 0 Å². The molecule has 156 valence electrons. The van der Waals surface area contributed by atoms with Gasteiger partial charge >= 0.3 is 0 Å². The van der Waals surface area contributed by atoms with Crippen molar-refractivity contribution in [2.45, 2.75) is 45.7 Å². The summed E-state index contributed by atoms with van der Waals surface area (Å²) in [5.74, 6) is 0.420. The van der Waals surface area contributed by atoms with Gasteiger partial charge in [0.1, 0.15) is 0 Å². The minimum atomic E-state index is 0.172. The van der Waals surface area contributed by atoms with Crippen molar-refractivity contribution < 1.29 is 4.79 Å². The molecule has 1 aromatic heterocycles. The molecule has 1 aromatic carbocycles. The van der Waals surface area contributed by atoms with Gasteiger partial charge < -0.3 is 5.32 Å². The molecule has 4 rings (SSSR count). The second-order valence-corrected chi connectivity index (χ2v) is 9.41. The number of thiazole rings is 1. The fourth-order valence-electron chi connectivity index (χ4n) is 4.47. The van der Waals surface area contributed by atoms with Crippen molar-refractivity contribution in [1.29, 1.82) is 0 Å². The van der Waals surface area contributed by atoms with Crippen LogP contribution in [-0.2, 0) is 24.3 Å². The van der Waals surface area contributed by atoms with E-state index in [-0.39, 0.29) is 11.8 Å². The molecule has 6 heteroatoms. The number of benzene rings is 1. The number of carbonyl (C=O) groups excluding carboxylic acids is 1. The number of piperidine rings is 1. The lowest BCUT2D eigenvalue weighted by Crippen LogP contribution is -2.41. The van der Waals surface area contributed by atoms with Crippen LogP contribution in [0.3, 0.4) is 0 Å². The fourth-order valence-corrected chi connectivity index (χ4v) is 5.07. The molecule has 0 spiro atoms. The van der Waals surface area contributed by atoms with E-state index in [9.17, 15) is 4.79 Å². The molecule has 1 amide bonds. The van der Waals surface area contributed by atoms with E-state index in [1.165, 1.54) is 11.1 Å². The largest absolute Gasteiger partial charge is 0.356 e. The summed E-state index contributed by atoms with van der Waals surface area (Å²) in [6.45, 7) is 8.95. The third-order valence-corrected chi connectivity index (χ3v) is 6.99. The highest BCUT2D eigenvalue weighted by Crippen LogP contribution is 2.20. The van der Waals surface area contributed by atoms with Gasteiger partial charge in [0.25, 0.3) is 0 Å². The van der Waals surface area contributed by atoms with Crippen LogP contribution in [0.15, 0.2) is 29.6 Å². The lowest BCUT2D eigenvalue weighted by molar-refractivity contribution is -0.126. The molecule has 0 bridgehead atoms. The number of fused-ring (bicyclic) bond motifs is 1. The smallest absolute Gasteiger partial charge is 0.223 e. The van der Waals surface area contributed by atoms with Crippen LogP contribution in [0, 0.1) is 12.8 Å². The highest BCUT2D eigenvalue weighted by Gasteiger charge is 2.25. The van der Waals surface area contributed by atoms with E-state index in [1.54, 1.807) is 11.3 Å². The van der Waals surface area contributed by atoms with Crippen LogP contribution < -0.4 is 5.32 Å². The summed E-state index contributed by atoms with van der Waals surface area (Å²) in [5.41, 5.74) is 4.12. The maximum absolute atomic E-state index is 12.5. The predicted molar refractivity (Wildman–Crippen MR) is 118 cm³/mol. The van der Waals surface area contributed by atoms with Crippen molar-refractivity contribution in [3.8, 4) is 0 Å². The third-order valence-electron chi connectivity index (χ3n) is 6.17. The molecule has 3 heterocycles. The fraction of sp³-hybridized carbons (Fsp3) is 0.565. The van der Waals surface area contributed by atoms with Crippen molar-refractivity contribution >= 4 is 17.2 Å². The Balaban J connectivity index is 1.11. The quantitative estimate of drug-likeness (QED) is 0.710. The summed E-state index contributed by atoms with van der Waals surface area (Å²) in [6, 6.07) is 8.75. The lowest BCUT2D eigenvalue weighted by Gasteiger charge is -2.31. The predicted octanol–water partition coefficient (Wildman–Crippen LogP) is 3.23. The number of nitrogens with zero attached hydrogens (tertiary/aromatic N) is 3. The first-order valence-electron chi connectivity index (χ1n) is 10.9. The van der Waals surface area contributed by atoms with Crippen LogP contribution in [-0.4, -0.2) is 53.4 Å². The van der Waals surface area contributed by atoms with E-state index in [1.807, 2.05) is 0 Å². The molecule has 0 unspecified atom stereocenters. The molecule has 5 nitrogen and oxygen atoms in total.